The van der Waals surface area contributed by atoms with Gasteiger partial charge >= 0.3 is 0 Å². The van der Waals surface area contributed by atoms with Gasteiger partial charge in [0.15, 0.2) is 0 Å². The zero-order valence-electron chi connectivity index (χ0n) is 17.9. The molecule has 3 aromatic rings. The van der Waals surface area contributed by atoms with E-state index >= 15 is 0 Å². The van der Waals surface area contributed by atoms with E-state index in [-0.39, 0.29) is 10.7 Å². The number of hydrogen-bond donors (Lipinski definition) is 0. The number of anilines is 1. The van der Waals surface area contributed by atoms with E-state index in [1.165, 1.54) is 37.8 Å². The summed E-state index contributed by atoms with van der Waals surface area (Å²) in [5.74, 6) is 0.890. The fourth-order valence-corrected chi connectivity index (χ4v) is 7.38. The molecule has 0 saturated carbocycles. The Bertz CT molecular complexity index is 1070. The van der Waals surface area contributed by atoms with Crippen LogP contribution >= 0.6 is 23.5 Å². The molecule has 0 radical (unpaired) electrons. The van der Waals surface area contributed by atoms with Gasteiger partial charge in [0.25, 0.3) is 0 Å². The number of methoxy groups -OCH3 is 1. The lowest BCUT2D eigenvalue weighted by atomic mass is 10.1. The molecule has 2 unspecified atom stereocenters. The van der Waals surface area contributed by atoms with E-state index in [0.717, 1.165) is 5.75 Å². The lowest BCUT2D eigenvalue weighted by Crippen LogP contribution is -2.47. The Balaban J connectivity index is 1.64. The first-order chi connectivity index (χ1) is 15.2. The molecule has 3 aromatic carbocycles. The van der Waals surface area contributed by atoms with Crippen LogP contribution in [0.3, 0.4) is 0 Å². The van der Waals surface area contributed by atoms with Gasteiger partial charge in [0, 0.05) is 15.5 Å². The zero-order chi connectivity index (χ0) is 21.4. The monoisotopic (exact) mass is 443 g/mol. The van der Waals surface area contributed by atoms with Crippen LogP contribution < -0.4 is 9.64 Å². The Morgan fingerprint density at radius 1 is 0.645 bits per heavy atom. The van der Waals surface area contributed by atoms with E-state index in [9.17, 15) is 0 Å². The maximum absolute atomic E-state index is 5.39. The van der Waals surface area contributed by atoms with Crippen molar-refractivity contribution in [3.63, 3.8) is 0 Å². The summed E-state index contributed by atoms with van der Waals surface area (Å²) in [6.45, 7) is 4.59. The summed E-state index contributed by atoms with van der Waals surface area (Å²) in [5, 5.41) is 0.488. The minimum atomic E-state index is 0.244. The highest BCUT2D eigenvalue weighted by Crippen LogP contribution is 2.56. The van der Waals surface area contributed by atoms with Gasteiger partial charge in [-0.25, -0.2) is 0 Å². The molecular formula is C27H25NOS2. The third-order valence-electron chi connectivity index (χ3n) is 5.86. The van der Waals surface area contributed by atoms with Gasteiger partial charge in [-0.2, -0.15) is 0 Å². The second kappa shape index (κ2) is 8.52. The Morgan fingerprint density at radius 3 is 1.52 bits per heavy atom. The summed E-state index contributed by atoms with van der Waals surface area (Å²) in [6, 6.07) is 30.1. The molecule has 2 heterocycles. The van der Waals surface area contributed by atoms with Crippen molar-refractivity contribution in [3.05, 3.63) is 107 Å². The molecule has 2 atom stereocenters. The molecule has 2 bridgehead atoms. The molecule has 0 amide bonds. The molecule has 0 spiro atoms. The predicted octanol–water partition coefficient (Wildman–Crippen LogP) is 7.51. The fourth-order valence-electron chi connectivity index (χ4n) is 4.26. The number of rotatable bonds is 4. The van der Waals surface area contributed by atoms with E-state index in [1.807, 2.05) is 23.5 Å². The molecule has 2 nitrogen and oxygen atoms in total. The fraction of sp³-hybridized carbons (Fsp3) is 0.185. The van der Waals surface area contributed by atoms with E-state index in [1.54, 1.807) is 7.11 Å². The van der Waals surface area contributed by atoms with Gasteiger partial charge in [0.1, 0.15) is 16.5 Å². The SMILES string of the molecule is COc1ccc(N2C3SC(c4ccccc4)=C(C)C2SC(c2ccccc2)=C3C)cc1. The molecule has 156 valence electrons. The number of hydrogen-bond acceptors (Lipinski definition) is 4. The van der Waals surface area contributed by atoms with Crippen molar-refractivity contribution in [2.45, 2.75) is 24.6 Å². The van der Waals surface area contributed by atoms with Gasteiger partial charge in [-0.3, -0.25) is 0 Å². The van der Waals surface area contributed by atoms with Gasteiger partial charge in [0.05, 0.1) is 7.11 Å². The first-order valence-corrected chi connectivity index (χ1v) is 12.2. The van der Waals surface area contributed by atoms with Gasteiger partial charge in [-0.1, -0.05) is 84.2 Å². The highest BCUT2D eigenvalue weighted by atomic mass is 32.2. The zero-order valence-corrected chi connectivity index (χ0v) is 19.5. The third-order valence-corrected chi connectivity index (χ3v) is 9.06. The number of ether oxygens (including phenoxy) is 1. The molecule has 2 aliphatic rings. The summed E-state index contributed by atoms with van der Waals surface area (Å²) in [6.07, 6.45) is 0. The second-order valence-electron chi connectivity index (χ2n) is 7.80. The van der Waals surface area contributed by atoms with E-state index in [2.05, 4.69) is 104 Å². The first-order valence-electron chi connectivity index (χ1n) is 10.5. The van der Waals surface area contributed by atoms with Crippen LogP contribution in [0, 0.1) is 0 Å². The van der Waals surface area contributed by atoms with E-state index in [0.29, 0.717) is 0 Å². The molecule has 31 heavy (non-hydrogen) atoms. The largest absolute Gasteiger partial charge is 0.497 e. The quantitative estimate of drug-likeness (QED) is 0.413. The lowest BCUT2D eigenvalue weighted by Gasteiger charge is -2.49. The van der Waals surface area contributed by atoms with Crippen LogP contribution in [-0.2, 0) is 0 Å². The van der Waals surface area contributed by atoms with Gasteiger partial charge in [0.2, 0.25) is 0 Å². The predicted molar refractivity (Wildman–Crippen MR) is 136 cm³/mol. The summed E-state index contributed by atoms with van der Waals surface area (Å²) >= 11 is 3.94. The topological polar surface area (TPSA) is 12.5 Å². The number of benzene rings is 3. The van der Waals surface area contributed by atoms with Crippen molar-refractivity contribution in [2.24, 2.45) is 0 Å². The van der Waals surface area contributed by atoms with Crippen LogP contribution in [0.5, 0.6) is 5.75 Å². The van der Waals surface area contributed by atoms with Gasteiger partial charge in [-0.15, -0.1) is 0 Å². The number of thioether (sulfide) groups is 2. The van der Waals surface area contributed by atoms with Gasteiger partial charge < -0.3 is 9.64 Å². The molecule has 0 aliphatic carbocycles. The van der Waals surface area contributed by atoms with Crippen molar-refractivity contribution in [2.75, 3.05) is 12.0 Å². The lowest BCUT2D eigenvalue weighted by molar-refractivity contribution is 0.415. The van der Waals surface area contributed by atoms with E-state index < -0.39 is 0 Å². The summed E-state index contributed by atoms with van der Waals surface area (Å²) in [5.41, 5.74) is 6.68. The molecule has 0 aromatic heterocycles. The smallest absolute Gasteiger partial charge is 0.119 e. The van der Waals surface area contributed by atoms with Crippen LogP contribution in [0.2, 0.25) is 0 Å². The van der Waals surface area contributed by atoms with Crippen LogP contribution in [0.25, 0.3) is 9.81 Å². The van der Waals surface area contributed by atoms with Crippen LogP contribution in [0.1, 0.15) is 25.0 Å². The Kier molecular flexibility index (Phi) is 5.59. The van der Waals surface area contributed by atoms with Crippen molar-refractivity contribution < 1.29 is 4.74 Å². The Morgan fingerprint density at radius 2 is 1.10 bits per heavy atom. The molecule has 0 fully saturated rings. The second-order valence-corrected chi connectivity index (χ2v) is 9.98. The first kappa shape index (κ1) is 20.3. The van der Waals surface area contributed by atoms with E-state index in [4.69, 9.17) is 4.74 Å². The van der Waals surface area contributed by atoms with Crippen LogP contribution in [0.15, 0.2) is 96.1 Å². The summed E-state index contributed by atoms with van der Waals surface area (Å²) in [4.78, 5) is 5.37. The minimum absolute atomic E-state index is 0.244. The van der Waals surface area contributed by atoms with Crippen molar-refractivity contribution in [1.82, 2.24) is 0 Å². The highest BCUT2D eigenvalue weighted by Gasteiger charge is 2.42. The van der Waals surface area contributed by atoms with Gasteiger partial charge in [-0.05, 0) is 60.4 Å². The van der Waals surface area contributed by atoms with Crippen molar-refractivity contribution in [3.8, 4) is 5.75 Å². The summed E-state index contributed by atoms with van der Waals surface area (Å²) in [7, 11) is 1.72. The van der Waals surface area contributed by atoms with Crippen molar-refractivity contribution in [1.29, 1.82) is 0 Å². The molecule has 0 N–H and O–H groups in total. The maximum Gasteiger partial charge on any atom is 0.119 e. The maximum atomic E-state index is 5.39. The van der Waals surface area contributed by atoms with Crippen molar-refractivity contribution >= 4 is 39.0 Å². The number of nitrogens with zero attached hydrogens (tertiary/aromatic N) is 1. The third kappa shape index (κ3) is 3.68. The highest BCUT2D eigenvalue weighted by molar-refractivity contribution is 8.11. The normalized spacial score (nSPS) is 20.8. The molecule has 2 aliphatic heterocycles. The van der Waals surface area contributed by atoms with Crippen LogP contribution in [-0.4, -0.2) is 17.9 Å². The number of fused-ring (bicyclic) bond motifs is 2. The summed E-state index contributed by atoms with van der Waals surface area (Å²) < 4.78 is 5.39. The van der Waals surface area contributed by atoms with Crippen LogP contribution in [0.4, 0.5) is 5.69 Å². The molecule has 4 heteroatoms. The standard InChI is InChI=1S/C27H25NOS2/c1-18-24(20-10-6-4-7-11-20)30-27-19(2)25(21-12-8-5-9-13-21)31-26(18)28(27)22-14-16-23(29-3)17-15-22/h4-17,26-27H,1-3H3. The molecule has 5 rings (SSSR count). The average molecular weight is 444 g/mol. The Hall–Kier alpha value is -2.56. The average Bonchev–Trinajstić information content (AvgIpc) is 2.83. The molecule has 0 saturated heterocycles. The minimum Gasteiger partial charge on any atom is -0.497 e. The molecular weight excluding hydrogens is 418 g/mol. The Labute approximate surface area is 193 Å².